The maximum absolute atomic E-state index is 11.8. The molecule has 0 spiro atoms. The van der Waals surface area contributed by atoms with Crippen LogP contribution < -0.4 is 5.32 Å². The molecule has 7 nitrogen and oxygen atoms in total. The van der Waals surface area contributed by atoms with Gasteiger partial charge in [0.1, 0.15) is 5.69 Å². The van der Waals surface area contributed by atoms with E-state index in [9.17, 15) is 23.3 Å². The number of nitro groups is 1. The highest BCUT2D eigenvalue weighted by Crippen LogP contribution is 2.32. The molecule has 114 valence electrons. The van der Waals surface area contributed by atoms with Crippen molar-refractivity contribution in [1.82, 2.24) is 0 Å². The molecular weight excluding hydrogens is 320 g/mol. The number of benzene rings is 1. The molecule has 21 heavy (non-hydrogen) atoms. The molecule has 1 amide bonds. The molecule has 0 saturated heterocycles. The minimum absolute atomic E-state index is 0.0339. The molecule has 1 aliphatic rings. The van der Waals surface area contributed by atoms with E-state index in [-0.39, 0.29) is 16.5 Å². The number of nitro benzene ring substituents is 1. The van der Waals surface area contributed by atoms with Gasteiger partial charge in [0.05, 0.1) is 9.82 Å². The van der Waals surface area contributed by atoms with E-state index in [1.807, 2.05) is 0 Å². The van der Waals surface area contributed by atoms with Gasteiger partial charge in [-0.25, -0.2) is 8.42 Å². The summed E-state index contributed by atoms with van der Waals surface area (Å²) >= 11 is 0. The fraction of sp³-hybridized carbons (Fsp3) is 0.417. The highest BCUT2D eigenvalue weighted by molar-refractivity contribution is 8.13. The van der Waals surface area contributed by atoms with Crippen LogP contribution in [0.25, 0.3) is 0 Å². The van der Waals surface area contributed by atoms with Gasteiger partial charge in [0, 0.05) is 23.2 Å². The number of halogens is 1. The first-order chi connectivity index (χ1) is 9.77. The predicted molar refractivity (Wildman–Crippen MR) is 76.7 cm³/mol. The molecule has 0 unspecified atom stereocenters. The van der Waals surface area contributed by atoms with Crippen molar-refractivity contribution >= 4 is 37.0 Å². The Kier molecular flexibility index (Phi) is 4.48. The van der Waals surface area contributed by atoms with Gasteiger partial charge in [-0.05, 0) is 30.9 Å². The molecule has 0 heterocycles. The van der Waals surface area contributed by atoms with Crippen LogP contribution in [-0.2, 0) is 13.8 Å². The summed E-state index contributed by atoms with van der Waals surface area (Å²) in [6.45, 7) is 0. The summed E-state index contributed by atoms with van der Waals surface area (Å²) in [4.78, 5) is 21.6. The third kappa shape index (κ3) is 3.92. The molecule has 0 bridgehead atoms. The van der Waals surface area contributed by atoms with Crippen molar-refractivity contribution < 1.29 is 18.1 Å². The summed E-state index contributed by atoms with van der Waals surface area (Å²) in [5.74, 6) is 0.0100. The lowest BCUT2D eigenvalue weighted by Gasteiger charge is -2.24. The average molecular weight is 333 g/mol. The third-order valence-electron chi connectivity index (χ3n) is 3.42. The first-order valence-electron chi connectivity index (χ1n) is 6.30. The van der Waals surface area contributed by atoms with Crippen molar-refractivity contribution in [2.45, 2.75) is 30.6 Å². The van der Waals surface area contributed by atoms with E-state index >= 15 is 0 Å². The summed E-state index contributed by atoms with van der Waals surface area (Å²) in [6.07, 6.45) is 3.38. The number of carbonyl (C=O) groups excluding carboxylic acids is 1. The Balaban J connectivity index is 2.22. The maximum Gasteiger partial charge on any atom is 0.294 e. The van der Waals surface area contributed by atoms with Gasteiger partial charge in [0.25, 0.3) is 14.7 Å². The molecular formula is C12H13ClN2O5S. The predicted octanol–water partition coefficient (Wildman–Crippen LogP) is 2.65. The standard InChI is InChI=1S/C12H13ClN2O5S/c13-21(19,20)9-4-5-10(11(7-9)15(17)18)14-12(16)6-8-2-1-3-8/h4-5,7-8H,1-3,6H2,(H,14,16). The van der Waals surface area contributed by atoms with Crippen LogP contribution >= 0.6 is 10.7 Å². The number of amides is 1. The molecule has 1 aromatic rings. The van der Waals surface area contributed by atoms with Gasteiger partial charge in [-0.1, -0.05) is 6.42 Å². The number of nitrogens with one attached hydrogen (secondary N) is 1. The molecule has 9 heteroatoms. The quantitative estimate of drug-likeness (QED) is 0.506. The van der Waals surface area contributed by atoms with Gasteiger partial charge >= 0.3 is 0 Å². The van der Waals surface area contributed by atoms with Crippen molar-refractivity contribution in [2.75, 3.05) is 5.32 Å². The SMILES string of the molecule is O=C(CC1CCC1)Nc1ccc(S(=O)(=O)Cl)cc1[N+](=O)[O-]. The van der Waals surface area contributed by atoms with Crippen molar-refractivity contribution in [3.8, 4) is 0 Å². The van der Waals surface area contributed by atoms with Crippen LogP contribution in [0.5, 0.6) is 0 Å². The summed E-state index contributed by atoms with van der Waals surface area (Å²) < 4.78 is 22.4. The Hall–Kier alpha value is -1.67. The van der Waals surface area contributed by atoms with E-state index in [4.69, 9.17) is 10.7 Å². The van der Waals surface area contributed by atoms with Crippen LogP contribution in [0, 0.1) is 16.0 Å². The van der Waals surface area contributed by atoms with Gasteiger partial charge in [-0.2, -0.15) is 0 Å². The van der Waals surface area contributed by atoms with E-state index in [2.05, 4.69) is 5.32 Å². The van der Waals surface area contributed by atoms with Crippen LogP contribution in [-0.4, -0.2) is 19.2 Å². The molecule has 1 saturated carbocycles. The molecule has 2 rings (SSSR count). The summed E-state index contributed by atoms with van der Waals surface area (Å²) in [5.41, 5.74) is -0.535. The molecule has 0 aromatic heterocycles. The molecule has 0 aliphatic heterocycles. The smallest absolute Gasteiger partial charge is 0.294 e. The van der Waals surface area contributed by atoms with Crippen LogP contribution in [0.4, 0.5) is 11.4 Å². The van der Waals surface area contributed by atoms with Crippen molar-refractivity contribution in [3.05, 3.63) is 28.3 Å². The van der Waals surface area contributed by atoms with Crippen molar-refractivity contribution in [2.24, 2.45) is 5.92 Å². The molecule has 1 N–H and O–H groups in total. The third-order valence-corrected chi connectivity index (χ3v) is 4.77. The van der Waals surface area contributed by atoms with Crippen molar-refractivity contribution in [1.29, 1.82) is 0 Å². The number of hydrogen-bond acceptors (Lipinski definition) is 5. The molecule has 1 fully saturated rings. The van der Waals surface area contributed by atoms with Gasteiger partial charge in [-0.3, -0.25) is 14.9 Å². The zero-order valence-electron chi connectivity index (χ0n) is 10.9. The topological polar surface area (TPSA) is 106 Å². The highest BCUT2D eigenvalue weighted by atomic mass is 35.7. The minimum atomic E-state index is -4.06. The fourth-order valence-corrected chi connectivity index (χ4v) is 2.85. The summed E-state index contributed by atoms with van der Waals surface area (Å²) in [5, 5.41) is 13.4. The van der Waals surface area contributed by atoms with Gasteiger partial charge in [-0.15, -0.1) is 0 Å². The molecule has 1 aromatic carbocycles. The van der Waals surface area contributed by atoms with Crippen LogP contribution in [0.2, 0.25) is 0 Å². The second-order valence-electron chi connectivity index (χ2n) is 4.92. The largest absolute Gasteiger partial charge is 0.320 e. The number of nitrogens with zero attached hydrogens (tertiary/aromatic N) is 1. The van der Waals surface area contributed by atoms with E-state index in [0.717, 1.165) is 31.4 Å². The van der Waals surface area contributed by atoms with Crippen LogP contribution in [0.15, 0.2) is 23.1 Å². The second kappa shape index (κ2) is 5.98. The van der Waals surface area contributed by atoms with E-state index in [1.54, 1.807) is 0 Å². The minimum Gasteiger partial charge on any atom is -0.320 e. The van der Waals surface area contributed by atoms with Crippen LogP contribution in [0.3, 0.4) is 0 Å². The van der Waals surface area contributed by atoms with Crippen molar-refractivity contribution in [3.63, 3.8) is 0 Å². The lowest BCUT2D eigenvalue weighted by Crippen LogP contribution is -2.21. The fourth-order valence-electron chi connectivity index (χ4n) is 2.08. The lowest BCUT2D eigenvalue weighted by molar-refractivity contribution is -0.384. The summed E-state index contributed by atoms with van der Waals surface area (Å²) in [6, 6.07) is 3.13. The Morgan fingerprint density at radius 3 is 2.57 bits per heavy atom. The van der Waals surface area contributed by atoms with E-state index in [1.165, 1.54) is 6.07 Å². The Morgan fingerprint density at radius 1 is 1.43 bits per heavy atom. The molecule has 1 aliphatic carbocycles. The Labute approximate surface area is 125 Å². The summed E-state index contributed by atoms with van der Waals surface area (Å²) in [7, 11) is 1.09. The molecule has 0 radical (unpaired) electrons. The van der Waals surface area contributed by atoms with Crippen LogP contribution in [0.1, 0.15) is 25.7 Å². The Bertz CT molecular complexity index is 685. The normalized spacial score (nSPS) is 15.3. The van der Waals surface area contributed by atoms with E-state index in [0.29, 0.717) is 12.3 Å². The lowest BCUT2D eigenvalue weighted by atomic mass is 9.83. The maximum atomic E-state index is 11.8. The second-order valence-corrected chi connectivity index (χ2v) is 7.49. The van der Waals surface area contributed by atoms with Gasteiger partial charge in [0.15, 0.2) is 0 Å². The number of carbonyl (C=O) groups is 1. The highest BCUT2D eigenvalue weighted by Gasteiger charge is 2.24. The van der Waals surface area contributed by atoms with E-state index < -0.39 is 19.7 Å². The van der Waals surface area contributed by atoms with Gasteiger partial charge < -0.3 is 5.32 Å². The zero-order valence-corrected chi connectivity index (χ0v) is 12.5. The number of hydrogen-bond donors (Lipinski definition) is 1. The molecule has 0 atom stereocenters. The first-order valence-corrected chi connectivity index (χ1v) is 8.61. The monoisotopic (exact) mass is 332 g/mol. The zero-order chi connectivity index (χ0) is 15.6. The first kappa shape index (κ1) is 15.7. The average Bonchev–Trinajstić information content (AvgIpc) is 2.32. The number of anilines is 1. The van der Waals surface area contributed by atoms with Gasteiger partial charge in [0.2, 0.25) is 5.91 Å². The number of rotatable bonds is 5. The Morgan fingerprint density at radius 2 is 2.10 bits per heavy atom.